The predicted octanol–water partition coefficient (Wildman–Crippen LogP) is 4.78. The maximum Gasteiger partial charge on any atom is 0.175 e. The topological polar surface area (TPSA) is 42.5 Å². The van der Waals surface area contributed by atoms with E-state index in [9.17, 15) is 0 Å². The standard InChI is InChI=1S/C21H26BrClN2O2/c1-26-20-11-17(13-25-12-15-6-8-24-9-7-15)10-19(22)21(20)27-14-16-2-4-18(23)5-3-16/h2-5,10-11,15,24-25H,6-9,12-14H2,1H3. The van der Waals surface area contributed by atoms with Gasteiger partial charge in [0.2, 0.25) is 0 Å². The summed E-state index contributed by atoms with van der Waals surface area (Å²) in [6.45, 7) is 4.59. The molecule has 27 heavy (non-hydrogen) atoms. The fourth-order valence-corrected chi connectivity index (χ4v) is 3.99. The predicted molar refractivity (Wildman–Crippen MR) is 114 cm³/mol. The number of methoxy groups -OCH3 is 1. The van der Waals surface area contributed by atoms with Crippen molar-refractivity contribution in [3.8, 4) is 11.5 Å². The average Bonchev–Trinajstić information content (AvgIpc) is 2.69. The van der Waals surface area contributed by atoms with Crippen molar-refractivity contribution in [3.05, 3.63) is 57.0 Å². The van der Waals surface area contributed by atoms with Crippen LogP contribution in [0.1, 0.15) is 24.0 Å². The number of hydrogen-bond donors (Lipinski definition) is 2. The Bertz CT molecular complexity index is 734. The van der Waals surface area contributed by atoms with Gasteiger partial charge in [-0.2, -0.15) is 0 Å². The van der Waals surface area contributed by atoms with Crippen LogP contribution < -0.4 is 20.1 Å². The second-order valence-electron chi connectivity index (χ2n) is 6.85. The quantitative estimate of drug-likeness (QED) is 0.604. The molecular weight excluding hydrogens is 428 g/mol. The first kappa shape index (κ1) is 20.5. The van der Waals surface area contributed by atoms with Crippen LogP contribution in [0.5, 0.6) is 11.5 Å². The van der Waals surface area contributed by atoms with Crippen LogP contribution in [0.3, 0.4) is 0 Å². The minimum Gasteiger partial charge on any atom is -0.493 e. The van der Waals surface area contributed by atoms with Crippen molar-refractivity contribution in [1.82, 2.24) is 10.6 Å². The van der Waals surface area contributed by atoms with Crippen molar-refractivity contribution in [3.63, 3.8) is 0 Å². The molecule has 2 aromatic carbocycles. The van der Waals surface area contributed by atoms with Crippen LogP contribution in [0.25, 0.3) is 0 Å². The molecule has 2 aromatic rings. The van der Waals surface area contributed by atoms with Crippen molar-refractivity contribution in [2.75, 3.05) is 26.7 Å². The minimum absolute atomic E-state index is 0.458. The van der Waals surface area contributed by atoms with Crippen molar-refractivity contribution < 1.29 is 9.47 Å². The zero-order valence-electron chi connectivity index (χ0n) is 15.6. The van der Waals surface area contributed by atoms with Gasteiger partial charge in [-0.25, -0.2) is 0 Å². The van der Waals surface area contributed by atoms with E-state index in [0.717, 1.165) is 58.7 Å². The Morgan fingerprint density at radius 2 is 1.89 bits per heavy atom. The molecule has 0 saturated carbocycles. The highest BCUT2D eigenvalue weighted by atomic mass is 79.9. The lowest BCUT2D eigenvalue weighted by Gasteiger charge is -2.23. The monoisotopic (exact) mass is 452 g/mol. The number of nitrogens with one attached hydrogen (secondary N) is 2. The third kappa shape index (κ3) is 6.11. The molecule has 0 amide bonds. The largest absolute Gasteiger partial charge is 0.493 e. The van der Waals surface area contributed by atoms with Crippen LogP contribution >= 0.6 is 27.5 Å². The summed E-state index contributed by atoms with van der Waals surface area (Å²) in [5.41, 5.74) is 2.23. The molecular formula is C21H26BrClN2O2. The molecule has 4 nitrogen and oxygen atoms in total. The molecule has 1 heterocycles. The molecule has 0 spiro atoms. The highest BCUT2D eigenvalue weighted by molar-refractivity contribution is 9.10. The summed E-state index contributed by atoms with van der Waals surface area (Å²) in [5.74, 6) is 2.21. The first-order chi connectivity index (χ1) is 13.2. The van der Waals surface area contributed by atoms with E-state index in [-0.39, 0.29) is 0 Å². The van der Waals surface area contributed by atoms with Gasteiger partial charge in [0.15, 0.2) is 11.5 Å². The number of hydrogen-bond acceptors (Lipinski definition) is 4. The van der Waals surface area contributed by atoms with E-state index in [2.05, 4.69) is 32.6 Å². The molecule has 1 aliphatic heterocycles. The third-order valence-corrected chi connectivity index (χ3v) is 5.65. The molecule has 3 rings (SSSR count). The Labute approximate surface area is 174 Å². The summed E-state index contributed by atoms with van der Waals surface area (Å²) in [6, 6.07) is 11.8. The molecule has 1 aliphatic rings. The number of halogens is 2. The van der Waals surface area contributed by atoms with E-state index < -0.39 is 0 Å². The molecule has 146 valence electrons. The van der Waals surface area contributed by atoms with Gasteiger partial charge in [0.1, 0.15) is 6.61 Å². The molecule has 6 heteroatoms. The van der Waals surface area contributed by atoms with Gasteiger partial charge in [-0.3, -0.25) is 0 Å². The Kier molecular flexibility index (Phi) is 7.82. The van der Waals surface area contributed by atoms with Crippen LogP contribution in [0, 0.1) is 5.92 Å². The number of ether oxygens (including phenoxy) is 2. The Morgan fingerprint density at radius 3 is 2.59 bits per heavy atom. The van der Waals surface area contributed by atoms with Gasteiger partial charge in [0.05, 0.1) is 11.6 Å². The highest BCUT2D eigenvalue weighted by Crippen LogP contribution is 2.37. The van der Waals surface area contributed by atoms with Crippen molar-refractivity contribution >= 4 is 27.5 Å². The van der Waals surface area contributed by atoms with Gasteiger partial charge in [-0.05, 0) is 89.7 Å². The van der Waals surface area contributed by atoms with Gasteiger partial charge >= 0.3 is 0 Å². The van der Waals surface area contributed by atoms with Crippen LogP contribution in [0.4, 0.5) is 0 Å². The van der Waals surface area contributed by atoms with Crippen LogP contribution in [0.15, 0.2) is 40.9 Å². The fourth-order valence-electron chi connectivity index (χ4n) is 3.26. The summed E-state index contributed by atoms with van der Waals surface area (Å²) in [7, 11) is 1.67. The molecule has 2 N–H and O–H groups in total. The minimum atomic E-state index is 0.458. The summed E-state index contributed by atoms with van der Waals surface area (Å²) in [5, 5.41) is 7.70. The highest BCUT2D eigenvalue weighted by Gasteiger charge is 2.14. The second kappa shape index (κ2) is 10.3. The first-order valence-corrected chi connectivity index (χ1v) is 10.5. The summed E-state index contributed by atoms with van der Waals surface area (Å²) in [6.07, 6.45) is 2.50. The Balaban J connectivity index is 1.59. The average molecular weight is 454 g/mol. The van der Waals surface area contributed by atoms with Gasteiger partial charge in [-0.15, -0.1) is 0 Å². The molecule has 0 atom stereocenters. The Hall–Kier alpha value is -1.27. The number of benzene rings is 2. The molecule has 0 aliphatic carbocycles. The molecule has 1 saturated heterocycles. The first-order valence-electron chi connectivity index (χ1n) is 9.31. The molecule has 0 aromatic heterocycles. The summed E-state index contributed by atoms with van der Waals surface area (Å²) < 4.78 is 12.5. The van der Waals surface area contributed by atoms with E-state index in [1.807, 2.05) is 30.3 Å². The zero-order valence-corrected chi connectivity index (χ0v) is 17.9. The van der Waals surface area contributed by atoms with E-state index in [1.165, 1.54) is 18.4 Å². The number of rotatable bonds is 8. The normalized spacial score (nSPS) is 14.9. The molecule has 1 fully saturated rings. The van der Waals surface area contributed by atoms with Crippen molar-refractivity contribution in [2.45, 2.75) is 26.0 Å². The van der Waals surface area contributed by atoms with E-state index in [4.69, 9.17) is 21.1 Å². The lowest BCUT2D eigenvalue weighted by atomic mass is 9.98. The zero-order chi connectivity index (χ0) is 19.1. The number of piperidine rings is 1. The smallest absolute Gasteiger partial charge is 0.175 e. The van der Waals surface area contributed by atoms with Crippen LogP contribution in [0.2, 0.25) is 5.02 Å². The SMILES string of the molecule is COc1cc(CNCC2CCNCC2)cc(Br)c1OCc1ccc(Cl)cc1. The molecule has 0 bridgehead atoms. The lowest BCUT2D eigenvalue weighted by Crippen LogP contribution is -2.33. The Morgan fingerprint density at radius 1 is 1.15 bits per heavy atom. The van der Waals surface area contributed by atoms with Gasteiger partial charge in [0.25, 0.3) is 0 Å². The van der Waals surface area contributed by atoms with Gasteiger partial charge < -0.3 is 20.1 Å². The van der Waals surface area contributed by atoms with Crippen LogP contribution in [-0.2, 0) is 13.2 Å². The maximum absolute atomic E-state index is 6.00. The van der Waals surface area contributed by atoms with E-state index in [1.54, 1.807) is 7.11 Å². The fraction of sp³-hybridized carbons (Fsp3) is 0.429. The summed E-state index contributed by atoms with van der Waals surface area (Å²) >= 11 is 9.56. The van der Waals surface area contributed by atoms with E-state index >= 15 is 0 Å². The van der Waals surface area contributed by atoms with Gasteiger partial charge in [-0.1, -0.05) is 23.7 Å². The maximum atomic E-state index is 6.00. The molecule has 0 unspecified atom stereocenters. The second-order valence-corrected chi connectivity index (χ2v) is 8.14. The van der Waals surface area contributed by atoms with Crippen molar-refractivity contribution in [2.24, 2.45) is 5.92 Å². The lowest BCUT2D eigenvalue weighted by molar-refractivity contribution is 0.282. The summed E-state index contributed by atoms with van der Waals surface area (Å²) in [4.78, 5) is 0. The molecule has 0 radical (unpaired) electrons. The van der Waals surface area contributed by atoms with Crippen molar-refractivity contribution in [1.29, 1.82) is 0 Å². The van der Waals surface area contributed by atoms with Crippen LogP contribution in [-0.4, -0.2) is 26.7 Å². The third-order valence-electron chi connectivity index (χ3n) is 4.81. The van der Waals surface area contributed by atoms with E-state index in [0.29, 0.717) is 6.61 Å². The van der Waals surface area contributed by atoms with Gasteiger partial charge in [0, 0.05) is 11.6 Å².